The van der Waals surface area contributed by atoms with E-state index in [1.54, 1.807) is 0 Å². The Morgan fingerprint density at radius 3 is 2.72 bits per heavy atom. The topological polar surface area (TPSA) is 70.5 Å². The molecule has 18 heavy (non-hydrogen) atoms. The van der Waals surface area contributed by atoms with E-state index in [0.29, 0.717) is 17.9 Å². The summed E-state index contributed by atoms with van der Waals surface area (Å²) in [5.74, 6) is 0.247. The predicted octanol–water partition coefficient (Wildman–Crippen LogP) is 2.20. The molecule has 0 N–H and O–H groups in total. The number of allylic oxidation sites excluding steroid dienone is 2. The number of carbonyl (C=O) groups excluding carboxylic acids is 2. The molecule has 2 rings (SSSR count). The molecular formula is C14H18N2O2. The van der Waals surface area contributed by atoms with Crippen molar-refractivity contribution in [1.82, 2.24) is 0 Å². The van der Waals surface area contributed by atoms with Gasteiger partial charge in [-0.05, 0) is 31.6 Å². The van der Waals surface area contributed by atoms with E-state index in [-0.39, 0.29) is 17.5 Å². The molecule has 2 aliphatic rings. The Morgan fingerprint density at radius 1 is 1.44 bits per heavy atom. The van der Waals surface area contributed by atoms with Crippen LogP contribution in [0, 0.1) is 17.3 Å². The normalized spacial score (nSPS) is 35.2. The van der Waals surface area contributed by atoms with E-state index in [1.165, 1.54) is 0 Å². The highest BCUT2D eigenvalue weighted by molar-refractivity contribution is 6.30. The van der Waals surface area contributed by atoms with Crippen LogP contribution in [-0.2, 0) is 9.59 Å². The quantitative estimate of drug-likeness (QED) is 0.425. The van der Waals surface area contributed by atoms with Crippen molar-refractivity contribution in [3.63, 3.8) is 0 Å². The monoisotopic (exact) mass is 246 g/mol. The van der Waals surface area contributed by atoms with E-state index >= 15 is 0 Å². The molecule has 0 saturated carbocycles. The largest absolute Gasteiger partial charge is 0.361 e. The van der Waals surface area contributed by atoms with Crippen LogP contribution < -0.4 is 0 Å². The van der Waals surface area contributed by atoms with Crippen molar-refractivity contribution in [3.05, 3.63) is 16.7 Å². The molecule has 0 saturated heterocycles. The van der Waals surface area contributed by atoms with Gasteiger partial charge in [0.2, 0.25) is 5.78 Å². The maximum Gasteiger partial charge on any atom is 0.324 e. The van der Waals surface area contributed by atoms with Crippen LogP contribution in [0.5, 0.6) is 0 Å². The first-order valence-corrected chi connectivity index (χ1v) is 6.40. The van der Waals surface area contributed by atoms with Crippen LogP contribution >= 0.6 is 0 Å². The van der Waals surface area contributed by atoms with Crippen molar-refractivity contribution in [2.45, 2.75) is 40.0 Å². The summed E-state index contributed by atoms with van der Waals surface area (Å²) in [5.41, 5.74) is 9.59. The van der Waals surface area contributed by atoms with Crippen LogP contribution in [0.4, 0.5) is 0 Å². The summed E-state index contributed by atoms with van der Waals surface area (Å²) in [6.07, 6.45) is 3.14. The van der Waals surface area contributed by atoms with Crippen LogP contribution in [-0.4, -0.2) is 22.6 Å². The summed E-state index contributed by atoms with van der Waals surface area (Å²) in [6, 6.07) is 0. The number of ketones is 2. The lowest BCUT2D eigenvalue weighted by Gasteiger charge is -2.41. The van der Waals surface area contributed by atoms with Gasteiger partial charge >= 0.3 is 6.21 Å². The number of hydrogen-bond acceptors (Lipinski definition) is 2. The first kappa shape index (κ1) is 12.9. The lowest BCUT2D eigenvalue weighted by Crippen LogP contribution is -2.44. The molecular weight excluding hydrogens is 228 g/mol. The third-order valence-electron chi connectivity index (χ3n) is 4.83. The molecule has 0 aromatic rings. The summed E-state index contributed by atoms with van der Waals surface area (Å²) in [4.78, 5) is 27.2. The molecule has 4 nitrogen and oxygen atoms in total. The molecule has 0 aliphatic heterocycles. The fraction of sp³-hybridized carbons (Fsp3) is 0.643. The standard InChI is InChI=1S/C14H18N2O2/c1-8-6-10-4-5-11(17)13(10)14(3,9(8)2)12(18)7-16-15/h7-9H,4-6H2,1-3H3/t8-,9+,14-/m0/s1. The number of nitrogens with zero attached hydrogens (tertiary/aromatic N) is 2. The van der Waals surface area contributed by atoms with E-state index in [1.807, 2.05) is 13.8 Å². The Hall–Kier alpha value is -1.54. The molecule has 0 aromatic carbocycles. The average Bonchev–Trinajstić information content (AvgIpc) is 2.68. The maximum absolute atomic E-state index is 12.3. The first-order chi connectivity index (χ1) is 8.42. The average molecular weight is 246 g/mol. The highest BCUT2D eigenvalue weighted by Gasteiger charge is 2.52. The Kier molecular flexibility index (Phi) is 3.07. The van der Waals surface area contributed by atoms with Gasteiger partial charge < -0.3 is 5.53 Å². The van der Waals surface area contributed by atoms with Gasteiger partial charge in [-0.2, -0.15) is 4.79 Å². The zero-order valence-electron chi connectivity index (χ0n) is 11.1. The number of hydrogen-bond donors (Lipinski definition) is 0. The second-order valence-corrected chi connectivity index (χ2v) is 5.68. The van der Waals surface area contributed by atoms with Crippen LogP contribution in [0.3, 0.4) is 0 Å². The van der Waals surface area contributed by atoms with Gasteiger partial charge in [0.25, 0.3) is 0 Å². The molecule has 0 radical (unpaired) electrons. The molecule has 0 amide bonds. The van der Waals surface area contributed by atoms with Crippen LogP contribution in [0.1, 0.15) is 40.0 Å². The number of carbonyl (C=O) groups is 2. The summed E-state index contributed by atoms with van der Waals surface area (Å²) >= 11 is 0. The third-order valence-corrected chi connectivity index (χ3v) is 4.83. The maximum atomic E-state index is 12.3. The first-order valence-electron chi connectivity index (χ1n) is 6.40. The van der Waals surface area contributed by atoms with E-state index < -0.39 is 5.41 Å². The lowest BCUT2D eigenvalue weighted by molar-refractivity contribution is -0.129. The van der Waals surface area contributed by atoms with Crippen molar-refractivity contribution in [2.75, 3.05) is 0 Å². The van der Waals surface area contributed by atoms with Gasteiger partial charge in [-0.15, -0.1) is 0 Å². The van der Waals surface area contributed by atoms with Gasteiger partial charge in [-0.1, -0.05) is 19.4 Å². The fourth-order valence-corrected chi connectivity index (χ4v) is 3.47. The van der Waals surface area contributed by atoms with Crippen molar-refractivity contribution in [2.24, 2.45) is 17.3 Å². The SMILES string of the molecule is C[C@@H]1[C@@H](C)CC2=C(C(=O)CC2)[C@]1(C)C(=O)C=[N+]=[N-]. The smallest absolute Gasteiger partial charge is 0.324 e. The summed E-state index contributed by atoms with van der Waals surface area (Å²) in [6.45, 7) is 5.93. The van der Waals surface area contributed by atoms with Crippen LogP contribution in [0.15, 0.2) is 11.1 Å². The molecule has 0 heterocycles. The summed E-state index contributed by atoms with van der Waals surface area (Å²) in [5, 5.41) is 0. The zero-order chi connectivity index (χ0) is 13.5. The molecule has 4 heteroatoms. The van der Waals surface area contributed by atoms with Crippen molar-refractivity contribution in [3.8, 4) is 0 Å². The molecule has 0 aromatic heterocycles. The Labute approximate surface area is 107 Å². The number of Topliss-reactive ketones (excluding diaryl/α,β-unsaturated/α-hetero) is 2. The third kappa shape index (κ3) is 1.60. The molecule has 0 unspecified atom stereocenters. The van der Waals surface area contributed by atoms with Crippen molar-refractivity contribution in [1.29, 1.82) is 0 Å². The molecule has 2 aliphatic carbocycles. The Bertz CT molecular complexity index is 500. The second kappa shape index (κ2) is 4.29. The summed E-state index contributed by atoms with van der Waals surface area (Å²) < 4.78 is 0. The van der Waals surface area contributed by atoms with Gasteiger partial charge in [0, 0.05) is 12.0 Å². The lowest BCUT2D eigenvalue weighted by atomic mass is 9.59. The molecule has 96 valence electrons. The molecule has 0 bridgehead atoms. The van der Waals surface area contributed by atoms with Gasteiger partial charge in [-0.25, -0.2) is 0 Å². The van der Waals surface area contributed by atoms with Crippen LogP contribution in [0.25, 0.3) is 5.53 Å². The van der Waals surface area contributed by atoms with Crippen molar-refractivity contribution >= 4 is 17.8 Å². The molecule has 3 atom stereocenters. The van der Waals surface area contributed by atoms with E-state index in [4.69, 9.17) is 5.53 Å². The second-order valence-electron chi connectivity index (χ2n) is 5.68. The van der Waals surface area contributed by atoms with Gasteiger partial charge in [-0.3, -0.25) is 9.59 Å². The highest BCUT2D eigenvalue weighted by Crippen LogP contribution is 2.51. The minimum absolute atomic E-state index is 0.0730. The fourth-order valence-electron chi connectivity index (χ4n) is 3.47. The Balaban J connectivity index is 2.59. The minimum atomic E-state index is -0.827. The summed E-state index contributed by atoms with van der Waals surface area (Å²) in [7, 11) is 0. The van der Waals surface area contributed by atoms with Gasteiger partial charge in [0.05, 0.1) is 5.41 Å². The molecule has 0 fully saturated rings. The van der Waals surface area contributed by atoms with E-state index in [2.05, 4.69) is 11.7 Å². The van der Waals surface area contributed by atoms with Crippen molar-refractivity contribution < 1.29 is 14.4 Å². The number of rotatable bonds is 2. The zero-order valence-corrected chi connectivity index (χ0v) is 11.1. The van der Waals surface area contributed by atoms with Gasteiger partial charge in [0.1, 0.15) is 0 Å². The van der Waals surface area contributed by atoms with Gasteiger partial charge in [0.15, 0.2) is 5.78 Å². The van der Waals surface area contributed by atoms with Crippen LogP contribution in [0.2, 0.25) is 0 Å². The minimum Gasteiger partial charge on any atom is -0.361 e. The highest BCUT2D eigenvalue weighted by atomic mass is 16.1. The molecule has 0 spiro atoms. The van der Waals surface area contributed by atoms with E-state index in [0.717, 1.165) is 24.6 Å². The predicted molar refractivity (Wildman–Crippen MR) is 67.0 cm³/mol. The Morgan fingerprint density at radius 2 is 2.11 bits per heavy atom. The van der Waals surface area contributed by atoms with E-state index in [9.17, 15) is 9.59 Å².